The molecule has 2 heterocycles. The summed E-state index contributed by atoms with van der Waals surface area (Å²) in [7, 11) is 1.80. The Morgan fingerprint density at radius 1 is 1.32 bits per heavy atom. The fourth-order valence-corrected chi connectivity index (χ4v) is 2.47. The largest absolute Gasteiger partial charge is 0.322 e. The second kappa shape index (κ2) is 7.02. The number of carbonyl (C=O) groups is 1. The summed E-state index contributed by atoms with van der Waals surface area (Å²) in [6.07, 6.45) is 4.36. The summed E-state index contributed by atoms with van der Waals surface area (Å²) in [6, 6.07) is 7.49. The summed E-state index contributed by atoms with van der Waals surface area (Å²) < 4.78 is 0. The van der Waals surface area contributed by atoms with E-state index in [4.69, 9.17) is 0 Å². The van der Waals surface area contributed by atoms with Crippen LogP contribution in [0.25, 0.3) is 0 Å². The lowest BCUT2D eigenvalue weighted by molar-refractivity contribution is 0.202. The van der Waals surface area contributed by atoms with Gasteiger partial charge in [-0.2, -0.15) is 0 Å². The molecule has 0 unspecified atom stereocenters. The van der Waals surface area contributed by atoms with E-state index >= 15 is 0 Å². The molecule has 0 aliphatic carbocycles. The van der Waals surface area contributed by atoms with Gasteiger partial charge in [0, 0.05) is 25.1 Å². The standard InChI is InChI=1S/C17H22N4O/c1-5-16(14-7-6-10-18-11-14)21(4)17(22)20-15-9-8-12(2)19-13(15)3/h6-11,16H,5H2,1-4H3,(H,20,22)/t16-/m0/s1. The predicted octanol–water partition coefficient (Wildman–Crippen LogP) is 3.71. The molecule has 0 bridgehead atoms. The Balaban J connectivity index is 2.14. The Morgan fingerprint density at radius 2 is 2.09 bits per heavy atom. The number of hydrogen-bond acceptors (Lipinski definition) is 3. The Hall–Kier alpha value is -2.43. The minimum absolute atomic E-state index is 0.00702. The molecule has 0 saturated carbocycles. The number of amides is 2. The molecule has 0 spiro atoms. The summed E-state index contributed by atoms with van der Waals surface area (Å²) in [4.78, 5) is 22.7. The van der Waals surface area contributed by atoms with Gasteiger partial charge in [0.05, 0.1) is 17.4 Å². The number of carbonyl (C=O) groups excluding carboxylic acids is 1. The van der Waals surface area contributed by atoms with Crippen LogP contribution in [0.4, 0.5) is 10.5 Å². The maximum Gasteiger partial charge on any atom is 0.322 e. The molecule has 0 aromatic carbocycles. The first-order chi connectivity index (χ1) is 10.5. The fourth-order valence-electron chi connectivity index (χ4n) is 2.47. The zero-order valence-corrected chi connectivity index (χ0v) is 13.5. The molecule has 2 aromatic rings. The summed E-state index contributed by atoms with van der Waals surface area (Å²) in [5.41, 5.74) is 3.52. The first kappa shape index (κ1) is 15.9. The van der Waals surface area contributed by atoms with Crippen molar-refractivity contribution in [2.75, 3.05) is 12.4 Å². The topological polar surface area (TPSA) is 58.1 Å². The van der Waals surface area contributed by atoms with E-state index in [1.54, 1.807) is 24.3 Å². The molecule has 2 amide bonds. The van der Waals surface area contributed by atoms with Crippen LogP contribution in [0.5, 0.6) is 0 Å². The fraction of sp³-hybridized carbons (Fsp3) is 0.353. The van der Waals surface area contributed by atoms with Crippen molar-refractivity contribution in [2.24, 2.45) is 0 Å². The van der Waals surface area contributed by atoms with Gasteiger partial charge in [0.25, 0.3) is 0 Å². The van der Waals surface area contributed by atoms with E-state index in [0.717, 1.165) is 29.1 Å². The van der Waals surface area contributed by atoms with Crippen molar-refractivity contribution in [3.63, 3.8) is 0 Å². The van der Waals surface area contributed by atoms with Gasteiger partial charge in [0.15, 0.2) is 0 Å². The Bertz CT molecular complexity index is 642. The van der Waals surface area contributed by atoms with Crippen molar-refractivity contribution in [1.82, 2.24) is 14.9 Å². The number of aryl methyl sites for hydroxylation is 2. The normalized spacial score (nSPS) is 11.8. The van der Waals surface area contributed by atoms with Crippen molar-refractivity contribution in [3.05, 3.63) is 53.6 Å². The quantitative estimate of drug-likeness (QED) is 0.936. The number of rotatable bonds is 4. The van der Waals surface area contributed by atoms with Crippen LogP contribution in [0.15, 0.2) is 36.7 Å². The molecule has 0 aliphatic rings. The lowest BCUT2D eigenvalue weighted by atomic mass is 10.1. The third-order valence-electron chi connectivity index (χ3n) is 3.71. The summed E-state index contributed by atoms with van der Waals surface area (Å²) in [5.74, 6) is 0. The lowest BCUT2D eigenvalue weighted by Gasteiger charge is -2.27. The predicted molar refractivity (Wildman–Crippen MR) is 87.8 cm³/mol. The molecule has 1 atom stereocenters. The average molecular weight is 298 g/mol. The van der Waals surface area contributed by atoms with Crippen molar-refractivity contribution in [3.8, 4) is 0 Å². The van der Waals surface area contributed by atoms with E-state index < -0.39 is 0 Å². The highest BCUT2D eigenvalue weighted by molar-refractivity contribution is 5.90. The molecule has 5 nitrogen and oxygen atoms in total. The maximum absolute atomic E-state index is 12.5. The molecule has 1 N–H and O–H groups in total. The average Bonchev–Trinajstić information content (AvgIpc) is 2.51. The van der Waals surface area contributed by atoms with Gasteiger partial charge in [-0.3, -0.25) is 9.97 Å². The van der Waals surface area contributed by atoms with E-state index in [9.17, 15) is 4.79 Å². The summed E-state index contributed by atoms with van der Waals surface area (Å²) in [6.45, 7) is 5.88. The van der Waals surface area contributed by atoms with E-state index in [-0.39, 0.29) is 12.1 Å². The molecule has 5 heteroatoms. The molecule has 0 saturated heterocycles. The van der Waals surface area contributed by atoms with Crippen molar-refractivity contribution >= 4 is 11.7 Å². The van der Waals surface area contributed by atoms with Crippen LogP contribution in [0, 0.1) is 13.8 Å². The van der Waals surface area contributed by atoms with E-state index in [1.165, 1.54) is 0 Å². The number of hydrogen-bond donors (Lipinski definition) is 1. The molecule has 0 fully saturated rings. The third-order valence-corrected chi connectivity index (χ3v) is 3.71. The SMILES string of the molecule is CC[C@@H](c1cccnc1)N(C)C(=O)Nc1ccc(C)nc1C. The highest BCUT2D eigenvalue weighted by Gasteiger charge is 2.20. The molecule has 2 rings (SSSR count). The summed E-state index contributed by atoms with van der Waals surface area (Å²) >= 11 is 0. The van der Waals surface area contributed by atoms with Crippen molar-refractivity contribution in [2.45, 2.75) is 33.2 Å². The molecule has 0 radical (unpaired) electrons. The van der Waals surface area contributed by atoms with Crippen LogP contribution in [-0.4, -0.2) is 27.9 Å². The van der Waals surface area contributed by atoms with Crippen LogP contribution in [-0.2, 0) is 0 Å². The first-order valence-electron chi connectivity index (χ1n) is 7.41. The van der Waals surface area contributed by atoms with Gasteiger partial charge in [-0.15, -0.1) is 0 Å². The highest BCUT2D eigenvalue weighted by atomic mass is 16.2. The molecule has 22 heavy (non-hydrogen) atoms. The monoisotopic (exact) mass is 298 g/mol. The van der Waals surface area contributed by atoms with Gasteiger partial charge in [-0.05, 0) is 44.0 Å². The molecular formula is C17H22N4O. The number of urea groups is 1. The van der Waals surface area contributed by atoms with Gasteiger partial charge in [-0.25, -0.2) is 4.79 Å². The van der Waals surface area contributed by atoms with Crippen LogP contribution in [0.2, 0.25) is 0 Å². The number of aromatic nitrogens is 2. The van der Waals surface area contributed by atoms with Crippen LogP contribution < -0.4 is 5.32 Å². The van der Waals surface area contributed by atoms with Crippen molar-refractivity contribution in [1.29, 1.82) is 0 Å². The molecular weight excluding hydrogens is 276 g/mol. The number of nitrogens with one attached hydrogen (secondary N) is 1. The third kappa shape index (κ3) is 3.61. The van der Waals surface area contributed by atoms with Gasteiger partial charge >= 0.3 is 6.03 Å². The van der Waals surface area contributed by atoms with E-state index in [0.29, 0.717) is 0 Å². The summed E-state index contributed by atoms with van der Waals surface area (Å²) in [5, 5.41) is 2.93. The van der Waals surface area contributed by atoms with Gasteiger partial charge in [0.1, 0.15) is 0 Å². The molecule has 2 aromatic heterocycles. The smallest absolute Gasteiger partial charge is 0.321 e. The number of nitrogens with zero attached hydrogens (tertiary/aromatic N) is 3. The molecule has 116 valence electrons. The lowest BCUT2D eigenvalue weighted by Crippen LogP contribution is -2.35. The molecule has 0 aliphatic heterocycles. The second-order valence-corrected chi connectivity index (χ2v) is 5.34. The van der Waals surface area contributed by atoms with E-state index in [2.05, 4.69) is 22.2 Å². The number of pyridine rings is 2. The van der Waals surface area contributed by atoms with Gasteiger partial charge < -0.3 is 10.2 Å². The van der Waals surface area contributed by atoms with E-state index in [1.807, 2.05) is 38.1 Å². The maximum atomic E-state index is 12.5. The Labute approximate surface area is 131 Å². The highest BCUT2D eigenvalue weighted by Crippen LogP contribution is 2.23. The first-order valence-corrected chi connectivity index (χ1v) is 7.41. The minimum Gasteiger partial charge on any atom is -0.321 e. The van der Waals surface area contributed by atoms with Crippen molar-refractivity contribution < 1.29 is 4.79 Å². The number of anilines is 1. The Kier molecular flexibility index (Phi) is 5.09. The Morgan fingerprint density at radius 3 is 2.68 bits per heavy atom. The van der Waals surface area contributed by atoms with Gasteiger partial charge in [-0.1, -0.05) is 13.0 Å². The van der Waals surface area contributed by atoms with Crippen LogP contribution >= 0.6 is 0 Å². The zero-order valence-electron chi connectivity index (χ0n) is 13.5. The minimum atomic E-state index is -0.149. The zero-order chi connectivity index (χ0) is 16.1. The van der Waals surface area contributed by atoms with Crippen LogP contribution in [0.3, 0.4) is 0 Å². The van der Waals surface area contributed by atoms with Gasteiger partial charge in [0.2, 0.25) is 0 Å². The van der Waals surface area contributed by atoms with Crippen LogP contribution in [0.1, 0.15) is 36.3 Å². The second-order valence-electron chi connectivity index (χ2n) is 5.34.